The lowest BCUT2D eigenvalue weighted by Crippen LogP contribution is -2.35. The maximum atomic E-state index is 13.8. The molecule has 3 rings (SSSR count). The van der Waals surface area contributed by atoms with E-state index in [2.05, 4.69) is 10.3 Å². The molecule has 2 aromatic rings. The standard InChI is InChI=1S/C16H15F2N3O3S/c1-3-9-10(20-15(22)16(9,17)18)6-24-11-7-25-12-4-8(5-19)14(23-2)21-13(11)12/h4,7,9-10H,3,6H2,1-2H3,(H,20,22). The molecule has 1 fully saturated rings. The zero-order valence-electron chi connectivity index (χ0n) is 13.5. The SMILES string of the molecule is CCC1C(COc2csc3cc(C#N)c(OC)nc23)NC(=O)C1(F)F. The lowest BCUT2D eigenvalue weighted by Gasteiger charge is -2.20. The second kappa shape index (κ2) is 6.44. The number of nitrogens with one attached hydrogen (secondary N) is 1. The van der Waals surface area contributed by atoms with Gasteiger partial charge >= 0.3 is 5.92 Å². The van der Waals surface area contributed by atoms with Gasteiger partial charge in [-0.3, -0.25) is 4.79 Å². The fraction of sp³-hybridized carbons (Fsp3) is 0.438. The van der Waals surface area contributed by atoms with Crippen LogP contribution in [0.1, 0.15) is 18.9 Å². The molecule has 3 heterocycles. The Bertz CT molecular complexity index is 862. The molecular formula is C16H15F2N3O3S. The molecule has 2 aromatic heterocycles. The van der Waals surface area contributed by atoms with Crippen molar-refractivity contribution in [2.45, 2.75) is 25.3 Å². The molecule has 1 aliphatic heterocycles. The van der Waals surface area contributed by atoms with E-state index in [1.165, 1.54) is 18.4 Å². The third kappa shape index (κ3) is 2.87. The number of hydrogen-bond acceptors (Lipinski definition) is 6. The van der Waals surface area contributed by atoms with Crippen LogP contribution in [0.15, 0.2) is 11.4 Å². The summed E-state index contributed by atoms with van der Waals surface area (Å²) in [4.78, 5) is 15.7. The van der Waals surface area contributed by atoms with Crippen LogP contribution in [0.3, 0.4) is 0 Å². The van der Waals surface area contributed by atoms with Crippen molar-refractivity contribution in [3.63, 3.8) is 0 Å². The molecule has 2 atom stereocenters. The van der Waals surface area contributed by atoms with Crippen LogP contribution in [0.25, 0.3) is 10.2 Å². The molecular weight excluding hydrogens is 352 g/mol. The predicted molar refractivity (Wildman–Crippen MR) is 87.0 cm³/mol. The highest BCUT2D eigenvalue weighted by atomic mass is 32.1. The van der Waals surface area contributed by atoms with Crippen LogP contribution in [-0.2, 0) is 4.79 Å². The molecule has 0 saturated carbocycles. The number of thiophene rings is 1. The number of amides is 1. The third-order valence-electron chi connectivity index (χ3n) is 4.22. The number of methoxy groups -OCH3 is 1. The molecule has 25 heavy (non-hydrogen) atoms. The van der Waals surface area contributed by atoms with Gasteiger partial charge in [-0.1, -0.05) is 6.92 Å². The van der Waals surface area contributed by atoms with Crippen LogP contribution in [0.4, 0.5) is 8.78 Å². The number of ether oxygens (including phenoxy) is 2. The van der Waals surface area contributed by atoms with Crippen LogP contribution >= 0.6 is 11.3 Å². The number of halogens is 2. The van der Waals surface area contributed by atoms with Crippen LogP contribution in [0.5, 0.6) is 11.6 Å². The van der Waals surface area contributed by atoms with Crippen LogP contribution in [0, 0.1) is 17.2 Å². The van der Waals surface area contributed by atoms with Gasteiger partial charge in [0.15, 0.2) is 5.75 Å². The predicted octanol–water partition coefficient (Wildman–Crippen LogP) is 2.72. The van der Waals surface area contributed by atoms with E-state index < -0.39 is 23.8 Å². The number of nitriles is 1. The molecule has 9 heteroatoms. The van der Waals surface area contributed by atoms with Gasteiger partial charge in [0.1, 0.15) is 23.8 Å². The Kier molecular flexibility index (Phi) is 4.47. The summed E-state index contributed by atoms with van der Waals surface area (Å²) in [6.45, 7) is 1.53. The van der Waals surface area contributed by atoms with Crippen molar-refractivity contribution in [2.24, 2.45) is 5.92 Å². The first kappa shape index (κ1) is 17.4. The normalized spacial score (nSPS) is 21.8. The molecule has 0 aliphatic carbocycles. The molecule has 1 aliphatic rings. The highest BCUT2D eigenvalue weighted by Gasteiger charge is 2.56. The van der Waals surface area contributed by atoms with E-state index in [0.717, 1.165) is 4.70 Å². The zero-order valence-corrected chi connectivity index (χ0v) is 14.3. The van der Waals surface area contributed by atoms with Crippen molar-refractivity contribution in [3.05, 3.63) is 17.0 Å². The summed E-state index contributed by atoms with van der Waals surface area (Å²) in [5.74, 6) is -5.19. The third-order valence-corrected chi connectivity index (χ3v) is 5.12. The average molecular weight is 367 g/mol. The fourth-order valence-electron chi connectivity index (χ4n) is 2.92. The lowest BCUT2D eigenvalue weighted by molar-refractivity contribution is -0.144. The molecule has 6 nitrogen and oxygen atoms in total. The molecule has 0 aromatic carbocycles. The summed E-state index contributed by atoms with van der Waals surface area (Å²) < 4.78 is 39.1. The quantitative estimate of drug-likeness (QED) is 0.878. The van der Waals surface area contributed by atoms with Gasteiger partial charge in [0.05, 0.1) is 23.8 Å². The number of rotatable bonds is 5. The molecule has 132 valence electrons. The first-order valence-electron chi connectivity index (χ1n) is 7.60. The van der Waals surface area contributed by atoms with Crippen molar-refractivity contribution < 1.29 is 23.0 Å². The Balaban J connectivity index is 1.82. The Morgan fingerprint density at radius 1 is 1.52 bits per heavy atom. The van der Waals surface area contributed by atoms with Gasteiger partial charge in [0, 0.05) is 5.38 Å². The van der Waals surface area contributed by atoms with Gasteiger partial charge in [-0.2, -0.15) is 14.0 Å². The number of hydrogen-bond donors (Lipinski definition) is 1. The highest BCUT2D eigenvalue weighted by Crippen LogP contribution is 2.37. The molecule has 2 unspecified atom stereocenters. The second-order valence-electron chi connectivity index (χ2n) is 5.63. The topological polar surface area (TPSA) is 84.2 Å². The minimum absolute atomic E-state index is 0.0876. The van der Waals surface area contributed by atoms with Gasteiger partial charge in [0.2, 0.25) is 5.88 Å². The first-order valence-corrected chi connectivity index (χ1v) is 8.48. The molecule has 1 N–H and O–H groups in total. The Morgan fingerprint density at radius 3 is 2.92 bits per heavy atom. The van der Waals surface area contributed by atoms with Gasteiger partial charge in [0.25, 0.3) is 5.91 Å². The number of aromatic nitrogens is 1. The first-order chi connectivity index (χ1) is 11.9. The largest absolute Gasteiger partial charge is 0.488 e. The Labute approximate surface area is 146 Å². The summed E-state index contributed by atoms with van der Waals surface area (Å²) >= 11 is 1.32. The van der Waals surface area contributed by atoms with Crippen LogP contribution in [0.2, 0.25) is 0 Å². The van der Waals surface area contributed by atoms with E-state index in [1.54, 1.807) is 18.4 Å². The van der Waals surface area contributed by atoms with E-state index in [1.807, 2.05) is 6.07 Å². The van der Waals surface area contributed by atoms with Gasteiger partial charge in [-0.05, 0) is 12.5 Å². The minimum Gasteiger partial charge on any atom is -0.488 e. The van der Waals surface area contributed by atoms with Crippen molar-refractivity contribution in [1.82, 2.24) is 10.3 Å². The number of carbonyl (C=O) groups is 1. The summed E-state index contributed by atoms with van der Waals surface area (Å²) in [5, 5.41) is 13.1. The second-order valence-corrected chi connectivity index (χ2v) is 6.54. The molecule has 1 amide bonds. The van der Waals surface area contributed by atoms with Crippen molar-refractivity contribution in [3.8, 4) is 17.7 Å². The van der Waals surface area contributed by atoms with Gasteiger partial charge in [-0.15, -0.1) is 11.3 Å². The maximum absolute atomic E-state index is 13.8. The van der Waals surface area contributed by atoms with E-state index >= 15 is 0 Å². The summed E-state index contributed by atoms with van der Waals surface area (Å²) in [5.41, 5.74) is 0.794. The number of nitrogens with zero attached hydrogens (tertiary/aromatic N) is 2. The van der Waals surface area contributed by atoms with Crippen LogP contribution in [-0.4, -0.2) is 36.6 Å². The smallest absolute Gasteiger partial charge is 0.329 e. The van der Waals surface area contributed by atoms with Crippen molar-refractivity contribution >= 4 is 27.5 Å². The highest BCUT2D eigenvalue weighted by molar-refractivity contribution is 7.17. The lowest BCUT2D eigenvalue weighted by atomic mass is 9.95. The van der Waals surface area contributed by atoms with Crippen molar-refractivity contribution in [1.29, 1.82) is 5.26 Å². The Morgan fingerprint density at radius 2 is 2.28 bits per heavy atom. The average Bonchev–Trinajstić information content (AvgIpc) is 3.09. The summed E-state index contributed by atoms with van der Waals surface area (Å²) in [6, 6.07) is 2.86. The number of alkyl halides is 2. The molecule has 1 saturated heterocycles. The minimum atomic E-state index is -3.39. The van der Waals surface area contributed by atoms with E-state index in [9.17, 15) is 13.6 Å². The molecule has 0 radical (unpaired) electrons. The van der Waals surface area contributed by atoms with E-state index in [4.69, 9.17) is 14.7 Å². The van der Waals surface area contributed by atoms with E-state index in [-0.39, 0.29) is 18.9 Å². The van der Waals surface area contributed by atoms with Gasteiger partial charge in [-0.25, -0.2) is 4.98 Å². The maximum Gasteiger partial charge on any atom is 0.329 e. The Hall–Kier alpha value is -2.47. The summed E-state index contributed by atoms with van der Waals surface area (Å²) in [7, 11) is 1.41. The zero-order chi connectivity index (χ0) is 18.2. The van der Waals surface area contributed by atoms with E-state index in [0.29, 0.717) is 16.8 Å². The number of pyridine rings is 1. The number of fused-ring (bicyclic) bond motifs is 1. The fourth-order valence-corrected chi connectivity index (χ4v) is 3.78. The van der Waals surface area contributed by atoms with Gasteiger partial charge < -0.3 is 14.8 Å². The van der Waals surface area contributed by atoms with Crippen molar-refractivity contribution in [2.75, 3.05) is 13.7 Å². The number of carbonyl (C=O) groups excluding carboxylic acids is 1. The van der Waals surface area contributed by atoms with Crippen LogP contribution < -0.4 is 14.8 Å². The molecule has 0 spiro atoms. The summed E-state index contributed by atoms with van der Waals surface area (Å²) in [6.07, 6.45) is 0.155. The monoisotopic (exact) mass is 367 g/mol. The molecule has 0 bridgehead atoms.